The van der Waals surface area contributed by atoms with Crippen LogP contribution in [0.3, 0.4) is 0 Å². The molecule has 1 aliphatic carbocycles. The molecule has 2 aliphatic rings. The highest BCUT2D eigenvalue weighted by Gasteiger charge is 2.28. The zero-order valence-electron chi connectivity index (χ0n) is 12.6. The van der Waals surface area contributed by atoms with Crippen LogP contribution in [0.5, 0.6) is 0 Å². The maximum absolute atomic E-state index is 12.1. The van der Waals surface area contributed by atoms with Gasteiger partial charge in [-0.1, -0.05) is 18.2 Å². The molecule has 4 heteroatoms. The highest BCUT2D eigenvalue weighted by Crippen LogP contribution is 2.36. The summed E-state index contributed by atoms with van der Waals surface area (Å²) < 4.78 is 11.1. The molecule has 2 aromatic rings. The molecule has 22 heavy (non-hydrogen) atoms. The SMILES string of the molecule is O=c1oc2ccccc2c2c1CCC2CNCC1CCCO1. The predicted molar refractivity (Wildman–Crippen MR) is 85.4 cm³/mol. The van der Waals surface area contributed by atoms with E-state index in [4.69, 9.17) is 9.15 Å². The van der Waals surface area contributed by atoms with Crippen molar-refractivity contribution in [3.63, 3.8) is 0 Å². The van der Waals surface area contributed by atoms with Crippen LogP contribution in [0.1, 0.15) is 36.3 Å². The Balaban J connectivity index is 1.56. The first kappa shape index (κ1) is 14.0. The molecule has 0 spiro atoms. The van der Waals surface area contributed by atoms with Crippen LogP contribution in [0.2, 0.25) is 0 Å². The van der Waals surface area contributed by atoms with E-state index >= 15 is 0 Å². The van der Waals surface area contributed by atoms with Gasteiger partial charge in [-0.2, -0.15) is 0 Å². The Morgan fingerprint density at radius 1 is 1.18 bits per heavy atom. The Labute approximate surface area is 129 Å². The zero-order valence-corrected chi connectivity index (χ0v) is 12.6. The first-order valence-electron chi connectivity index (χ1n) is 8.20. The number of fused-ring (bicyclic) bond motifs is 3. The topological polar surface area (TPSA) is 51.5 Å². The van der Waals surface area contributed by atoms with Gasteiger partial charge in [0.25, 0.3) is 0 Å². The standard InChI is InChI=1S/C18H21NO3/c20-18-15-8-7-12(10-19-11-13-4-3-9-21-13)17(15)14-5-1-2-6-16(14)22-18/h1-2,5-6,12-13,19H,3-4,7-11H2. The van der Waals surface area contributed by atoms with Gasteiger partial charge >= 0.3 is 5.63 Å². The van der Waals surface area contributed by atoms with Gasteiger partial charge in [0.15, 0.2) is 0 Å². The second-order valence-electron chi connectivity index (χ2n) is 6.31. The van der Waals surface area contributed by atoms with Crippen molar-refractivity contribution in [1.29, 1.82) is 0 Å². The molecule has 1 N–H and O–H groups in total. The highest BCUT2D eigenvalue weighted by atomic mass is 16.5. The van der Waals surface area contributed by atoms with Gasteiger partial charge in [-0.25, -0.2) is 4.79 Å². The minimum absolute atomic E-state index is 0.157. The fraction of sp³-hybridized carbons (Fsp3) is 0.500. The van der Waals surface area contributed by atoms with Crippen molar-refractivity contribution in [2.75, 3.05) is 19.7 Å². The molecule has 1 aromatic carbocycles. The summed E-state index contributed by atoms with van der Waals surface area (Å²) in [4.78, 5) is 12.1. The Morgan fingerprint density at radius 2 is 2.09 bits per heavy atom. The zero-order chi connectivity index (χ0) is 14.9. The van der Waals surface area contributed by atoms with E-state index in [0.717, 1.165) is 49.9 Å². The van der Waals surface area contributed by atoms with Crippen LogP contribution in [0.15, 0.2) is 33.5 Å². The molecule has 116 valence electrons. The lowest BCUT2D eigenvalue weighted by Gasteiger charge is -2.16. The summed E-state index contributed by atoms with van der Waals surface area (Å²) >= 11 is 0. The quantitative estimate of drug-likeness (QED) is 0.882. The van der Waals surface area contributed by atoms with Gasteiger partial charge in [0.2, 0.25) is 0 Å². The fourth-order valence-electron chi connectivity index (χ4n) is 3.81. The number of hydrogen-bond donors (Lipinski definition) is 1. The molecule has 1 saturated heterocycles. The number of benzene rings is 1. The van der Waals surface area contributed by atoms with Crippen molar-refractivity contribution in [2.24, 2.45) is 0 Å². The lowest BCUT2D eigenvalue weighted by molar-refractivity contribution is 0.110. The van der Waals surface area contributed by atoms with Crippen LogP contribution in [-0.4, -0.2) is 25.8 Å². The molecule has 0 radical (unpaired) electrons. The van der Waals surface area contributed by atoms with E-state index in [9.17, 15) is 4.79 Å². The lowest BCUT2D eigenvalue weighted by Crippen LogP contribution is -2.29. The molecular weight excluding hydrogens is 278 g/mol. The second kappa shape index (κ2) is 5.86. The van der Waals surface area contributed by atoms with E-state index in [0.29, 0.717) is 17.6 Å². The van der Waals surface area contributed by atoms with Crippen molar-refractivity contribution in [3.8, 4) is 0 Å². The Bertz CT molecular complexity index is 731. The van der Waals surface area contributed by atoms with Crippen molar-refractivity contribution in [3.05, 3.63) is 45.8 Å². The normalized spacial score (nSPS) is 24.0. The van der Waals surface area contributed by atoms with Crippen LogP contribution < -0.4 is 10.9 Å². The van der Waals surface area contributed by atoms with Crippen LogP contribution in [-0.2, 0) is 11.2 Å². The third kappa shape index (κ3) is 2.46. The molecule has 1 fully saturated rings. The summed E-state index contributed by atoms with van der Waals surface area (Å²) in [7, 11) is 0. The van der Waals surface area contributed by atoms with E-state index in [1.165, 1.54) is 12.0 Å². The van der Waals surface area contributed by atoms with E-state index in [2.05, 4.69) is 11.4 Å². The number of rotatable bonds is 4. The first-order chi connectivity index (χ1) is 10.8. The number of hydrogen-bond acceptors (Lipinski definition) is 4. The minimum atomic E-state index is -0.157. The van der Waals surface area contributed by atoms with Crippen molar-refractivity contribution in [2.45, 2.75) is 37.7 Å². The van der Waals surface area contributed by atoms with Gasteiger partial charge < -0.3 is 14.5 Å². The molecule has 1 aliphatic heterocycles. The smallest absolute Gasteiger partial charge is 0.339 e. The Hall–Kier alpha value is -1.65. The van der Waals surface area contributed by atoms with Crippen molar-refractivity contribution < 1.29 is 9.15 Å². The molecule has 2 atom stereocenters. The van der Waals surface area contributed by atoms with Gasteiger partial charge in [0.05, 0.1) is 6.10 Å². The maximum Gasteiger partial charge on any atom is 0.339 e. The Kier molecular flexibility index (Phi) is 3.72. The second-order valence-corrected chi connectivity index (χ2v) is 6.31. The summed E-state index contributed by atoms with van der Waals surface area (Å²) in [6.07, 6.45) is 4.53. The van der Waals surface area contributed by atoms with E-state index in [1.54, 1.807) is 0 Å². The molecule has 4 nitrogen and oxygen atoms in total. The average Bonchev–Trinajstić information content (AvgIpc) is 3.18. The van der Waals surface area contributed by atoms with Crippen LogP contribution in [0, 0.1) is 0 Å². The van der Waals surface area contributed by atoms with Crippen LogP contribution in [0.25, 0.3) is 11.0 Å². The summed E-state index contributed by atoms with van der Waals surface area (Å²) in [5, 5.41) is 4.63. The van der Waals surface area contributed by atoms with Gasteiger partial charge in [-0.3, -0.25) is 0 Å². The number of nitrogens with one attached hydrogen (secondary N) is 1. The maximum atomic E-state index is 12.1. The van der Waals surface area contributed by atoms with Crippen molar-refractivity contribution in [1.82, 2.24) is 5.32 Å². The largest absolute Gasteiger partial charge is 0.423 e. The summed E-state index contributed by atoms with van der Waals surface area (Å²) in [6.45, 7) is 2.70. The summed E-state index contributed by atoms with van der Waals surface area (Å²) in [5.41, 5.74) is 2.63. The van der Waals surface area contributed by atoms with E-state index in [-0.39, 0.29) is 5.63 Å². The van der Waals surface area contributed by atoms with E-state index < -0.39 is 0 Å². The molecule has 4 rings (SSSR count). The van der Waals surface area contributed by atoms with Gasteiger partial charge in [0.1, 0.15) is 5.58 Å². The van der Waals surface area contributed by atoms with Crippen LogP contribution in [0.4, 0.5) is 0 Å². The van der Waals surface area contributed by atoms with Gasteiger partial charge in [-0.05, 0) is 43.2 Å². The van der Waals surface area contributed by atoms with E-state index in [1.807, 2.05) is 18.2 Å². The van der Waals surface area contributed by atoms with Gasteiger partial charge in [-0.15, -0.1) is 0 Å². The molecule has 0 amide bonds. The Morgan fingerprint density at radius 3 is 2.95 bits per heavy atom. The average molecular weight is 299 g/mol. The number of para-hydroxylation sites is 1. The molecule has 1 aromatic heterocycles. The molecule has 0 saturated carbocycles. The summed E-state index contributed by atoms with van der Waals surface area (Å²) in [6, 6.07) is 7.87. The molecule has 0 bridgehead atoms. The molecular formula is C18H21NO3. The summed E-state index contributed by atoms with van der Waals surface area (Å²) in [5.74, 6) is 0.394. The monoisotopic (exact) mass is 299 g/mol. The third-order valence-electron chi connectivity index (χ3n) is 4.89. The van der Waals surface area contributed by atoms with Crippen LogP contribution >= 0.6 is 0 Å². The minimum Gasteiger partial charge on any atom is -0.423 e. The lowest BCUT2D eigenvalue weighted by atomic mass is 9.98. The number of ether oxygens (including phenoxy) is 1. The predicted octanol–water partition coefficient (Wildman–Crippen LogP) is 2.59. The molecule has 2 heterocycles. The fourth-order valence-corrected chi connectivity index (χ4v) is 3.81. The van der Waals surface area contributed by atoms with Crippen molar-refractivity contribution >= 4 is 11.0 Å². The van der Waals surface area contributed by atoms with Gasteiger partial charge in [0, 0.05) is 30.6 Å². The first-order valence-corrected chi connectivity index (χ1v) is 8.20. The molecule has 2 unspecified atom stereocenters. The third-order valence-corrected chi connectivity index (χ3v) is 4.89. The highest BCUT2D eigenvalue weighted by molar-refractivity contribution is 5.82.